The van der Waals surface area contributed by atoms with Gasteiger partial charge in [0.25, 0.3) is 10.1 Å². The zero-order valence-electron chi connectivity index (χ0n) is 18.7. The van der Waals surface area contributed by atoms with E-state index in [0.717, 1.165) is 37.2 Å². The number of aromatic nitrogens is 1. The topological polar surface area (TPSA) is 112 Å². The van der Waals surface area contributed by atoms with Crippen LogP contribution in [0, 0.1) is 24.1 Å². The number of halogens is 1. The van der Waals surface area contributed by atoms with Crippen molar-refractivity contribution in [2.45, 2.75) is 37.2 Å². The molecule has 9 heteroatoms. The summed E-state index contributed by atoms with van der Waals surface area (Å²) in [6.07, 6.45) is 2.14. The summed E-state index contributed by atoms with van der Waals surface area (Å²) in [5, 5.41) is 12.1. The highest BCUT2D eigenvalue weighted by Gasteiger charge is 2.17. The van der Waals surface area contributed by atoms with Gasteiger partial charge in [0.2, 0.25) is 5.88 Å². The van der Waals surface area contributed by atoms with Crippen LogP contribution in [0.25, 0.3) is 0 Å². The highest BCUT2D eigenvalue weighted by molar-refractivity contribution is 7.85. The smallest absolute Gasteiger partial charge is 0.294 e. The molecular weight excluding hydrogens is 457 g/mol. The van der Waals surface area contributed by atoms with E-state index in [1.165, 1.54) is 18.2 Å². The van der Waals surface area contributed by atoms with Crippen LogP contribution in [0.15, 0.2) is 65.6 Å². The number of benzene rings is 2. The Balaban J connectivity index is 0.000000248. The predicted octanol–water partition coefficient (Wildman–Crippen LogP) is 4.38. The standard InChI is InChI=1S/C18H18FN3O.C7H8O3S/c19-16-10-13(11-20)4-5-15(16)12-23-18-3-1-2-17(22-18)14-6-8-21-9-7-14;1-6-2-4-7(5-3-6)11(8,9)10/h1-5,10,14,21H,6-9,12H2;2-5H,1H3,(H,8,9,10). The van der Waals surface area contributed by atoms with Crippen LogP contribution in [-0.4, -0.2) is 31.0 Å². The van der Waals surface area contributed by atoms with Crippen molar-refractivity contribution >= 4 is 10.1 Å². The van der Waals surface area contributed by atoms with E-state index in [2.05, 4.69) is 10.3 Å². The molecule has 1 fully saturated rings. The van der Waals surface area contributed by atoms with Gasteiger partial charge in [-0.15, -0.1) is 0 Å². The van der Waals surface area contributed by atoms with Crippen molar-refractivity contribution in [2.75, 3.05) is 13.1 Å². The summed E-state index contributed by atoms with van der Waals surface area (Å²) in [6, 6.07) is 18.0. The first-order valence-corrected chi connectivity index (χ1v) is 12.2. The number of hydrogen-bond acceptors (Lipinski definition) is 6. The molecule has 34 heavy (non-hydrogen) atoms. The first-order valence-electron chi connectivity index (χ1n) is 10.8. The molecule has 2 aromatic carbocycles. The monoisotopic (exact) mass is 483 g/mol. The van der Waals surface area contributed by atoms with Gasteiger partial charge in [-0.3, -0.25) is 4.55 Å². The number of piperidine rings is 1. The van der Waals surface area contributed by atoms with Gasteiger partial charge in [-0.2, -0.15) is 13.7 Å². The molecule has 0 aliphatic carbocycles. The van der Waals surface area contributed by atoms with E-state index in [-0.39, 0.29) is 11.5 Å². The molecule has 1 aliphatic heterocycles. The maximum atomic E-state index is 13.9. The number of nitrogens with zero attached hydrogens (tertiary/aromatic N) is 2. The minimum absolute atomic E-state index is 0.0666. The highest BCUT2D eigenvalue weighted by Crippen LogP contribution is 2.25. The Hall–Kier alpha value is -3.32. The molecule has 0 atom stereocenters. The van der Waals surface area contributed by atoms with Gasteiger partial charge < -0.3 is 10.1 Å². The molecule has 0 saturated carbocycles. The number of nitrogens with one attached hydrogen (secondary N) is 1. The lowest BCUT2D eigenvalue weighted by Crippen LogP contribution is -2.27. The van der Waals surface area contributed by atoms with E-state index in [0.29, 0.717) is 22.9 Å². The number of aryl methyl sites for hydroxylation is 1. The third kappa shape index (κ3) is 7.35. The lowest BCUT2D eigenvalue weighted by molar-refractivity contribution is 0.286. The zero-order valence-corrected chi connectivity index (χ0v) is 19.6. The summed E-state index contributed by atoms with van der Waals surface area (Å²) in [7, 11) is -4.02. The van der Waals surface area contributed by atoms with E-state index in [1.54, 1.807) is 30.3 Å². The first-order chi connectivity index (χ1) is 16.3. The Morgan fingerprint density at radius 3 is 2.47 bits per heavy atom. The van der Waals surface area contributed by atoms with Crippen LogP contribution >= 0.6 is 0 Å². The van der Waals surface area contributed by atoms with E-state index in [4.69, 9.17) is 14.6 Å². The van der Waals surface area contributed by atoms with Gasteiger partial charge in [0.05, 0.1) is 16.5 Å². The van der Waals surface area contributed by atoms with Crippen molar-refractivity contribution in [1.82, 2.24) is 10.3 Å². The van der Waals surface area contributed by atoms with Crippen molar-refractivity contribution in [3.8, 4) is 11.9 Å². The molecule has 0 unspecified atom stereocenters. The van der Waals surface area contributed by atoms with Gasteiger partial charge in [-0.25, -0.2) is 9.37 Å². The Bertz CT molecular complexity index is 1250. The average molecular weight is 484 g/mol. The van der Waals surface area contributed by atoms with Crippen molar-refractivity contribution in [3.05, 3.63) is 88.9 Å². The van der Waals surface area contributed by atoms with E-state index in [1.807, 2.05) is 25.1 Å². The molecule has 3 aromatic rings. The Morgan fingerprint density at radius 1 is 1.15 bits per heavy atom. The fourth-order valence-corrected chi connectivity index (χ4v) is 3.93. The maximum Gasteiger partial charge on any atom is 0.294 e. The predicted molar refractivity (Wildman–Crippen MR) is 126 cm³/mol. The highest BCUT2D eigenvalue weighted by atomic mass is 32.2. The van der Waals surface area contributed by atoms with Crippen LogP contribution in [0.1, 0.15) is 41.1 Å². The number of nitriles is 1. The number of rotatable bonds is 5. The zero-order chi connectivity index (χ0) is 24.6. The third-order valence-electron chi connectivity index (χ3n) is 5.38. The first kappa shape index (κ1) is 25.3. The van der Waals surface area contributed by atoms with Crippen molar-refractivity contribution in [1.29, 1.82) is 5.26 Å². The fraction of sp³-hybridized carbons (Fsp3) is 0.280. The molecule has 0 bridgehead atoms. The lowest BCUT2D eigenvalue weighted by atomic mass is 9.94. The molecule has 1 aliphatic rings. The maximum absolute atomic E-state index is 13.9. The lowest BCUT2D eigenvalue weighted by Gasteiger charge is -2.22. The summed E-state index contributed by atoms with van der Waals surface area (Å²) in [5.41, 5.74) is 2.71. The molecule has 7 nitrogen and oxygen atoms in total. The summed E-state index contributed by atoms with van der Waals surface area (Å²) in [5.74, 6) is 0.523. The minimum Gasteiger partial charge on any atom is -0.473 e. The van der Waals surface area contributed by atoms with Crippen molar-refractivity contribution in [3.63, 3.8) is 0 Å². The van der Waals surface area contributed by atoms with Crippen LogP contribution in [0.2, 0.25) is 0 Å². The van der Waals surface area contributed by atoms with Gasteiger partial charge in [0, 0.05) is 23.2 Å². The Kier molecular flexibility index (Phi) is 8.71. The second-order valence-electron chi connectivity index (χ2n) is 7.92. The van der Waals surface area contributed by atoms with Crippen LogP contribution in [-0.2, 0) is 16.7 Å². The molecule has 1 aromatic heterocycles. The van der Waals surface area contributed by atoms with Crippen LogP contribution in [0.3, 0.4) is 0 Å². The van der Waals surface area contributed by atoms with E-state index in [9.17, 15) is 12.8 Å². The summed E-state index contributed by atoms with van der Waals surface area (Å²) in [6.45, 7) is 3.95. The van der Waals surface area contributed by atoms with Gasteiger partial charge >= 0.3 is 0 Å². The summed E-state index contributed by atoms with van der Waals surface area (Å²) in [4.78, 5) is 4.48. The van der Waals surface area contributed by atoms with E-state index < -0.39 is 15.9 Å². The molecular formula is C25H26FN3O4S. The van der Waals surface area contributed by atoms with Crippen LogP contribution < -0.4 is 10.1 Å². The van der Waals surface area contributed by atoms with Crippen molar-refractivity contribution in [2.24, 2.45) is 0 Å². The third-order valence-corrected chi connectivity index (χ3v) is 6.25. The minimum atomic E-state index is -4.02. The van der Waals surface area contributed by atoms with Gasteiger partial charge in [-0.1, -0.05) is 29.8 Å². The van der Waals surface area contributed by atoms with Gasteiger partial charge in [-0.05, 0) is 63.2 Å². The summed E-state index contributed by atoms with van der Waals surface area (Å²) >= 11 is 0. The second kappa shape index (κ2) is 11.7. The van der Waals surface area contributed by atoms with E-state index >= 15 is 0 Å². The molecule has 2 N–H and O–H groups in total. The van der Waals surface area contributed by atoms with Crippen LogP contribution in [0.4, 0.5) is 4.39 Å². The molecule has 0 spiro atoms. The van der Waals surface area contributed by atoms with Crippen LogP contribution in [0.5, 0.6) is 5.88 Å². The average Bonchev–Trinajstić information content (AvgIpc) is 2.84. The molecule has 2 heterocycles. The molecule has 178 valence electrons. The quantitative estimate of drug-likeness (QED) is 0.518. The fourth-order valence-electron chi connectivity index (χ4n) is 3.45. The van der Waals surface area contributed by atoms with Gasteiger partial charge in [0.1, 0.15) is 12.4 Å². The Morgan fingerprint density at radius 2 is 1.85 bits per heavy atom. The normalized spacial score (nSPS) is 13.9. The van der Waals surface area contributed by atoms with Gasteiger partial charge in [0.15, 0.2) is 0 Å². The molecule has 4 rings (SSSR count). The summed E-state index contributed by atoms with van der Waals surface area (Å²) < 4.78 is 49.0. The molecule has 0 radical (unpaired) electrons. The second-order valence-corrected chi connectivity index (χ2v) is 9.34. The number of ether oxygens (including phenoxy) is 1. The molecule has 1 saturated heterocycles. The molecule has 0 amide bonds. The number of pyridine rings is 1. The largest absolute Gasteiger partial charge is 0.473 e. The number of hydrogen-bond donors (Lipinski definition) is 2. The van der Waals surface area contributed by atoms with Crippen molar-refractivity contribution < 1.29 is 22.1 Å². The Labute approximate surface area is 199 Å². The SMILES string of the molecule is Cc1ccc(S(=O)(=O)O)cc1.N#Cc1ccc(COc2cccc(C3CCNCC3)n2)c(F)c1.